The molecule has 0 amide bonds. The number of fused-ring (bicyclic) bond motifs is 2. The van der Waals surface area contributed by atoms with Crippen LogP contribution in [0, 0.1) is 11.7 Å². The number of allylic oxidation sites excluding steroid dienone is 1. The molecule has 4 N–H and O–H groups in total. The minimum atomic E-state index is -0.318. The lowest BCUT2D eigenvalue weighted by Gasteiger charge is -2.24. The second-order valence-corrected chi connectivity index (χ2v) is 12.4. The summed E-state index contributed by atoms with van der Waals surface area (Å²) in [7, 11) is 4.02. The van der Waals surface area contributed by atoms with Crippen molar-refractivity contribution < 1.29 is 4.39 Å². The zero-order valence-corrected chi connectivity index (χ0v) is 26.2. The summed E-state index contributed by atoms with van der Waals surface area (Å²) in [6.07, 6.45) is 11.6. The lowest BCUT2D eigenvalue weighted by atomic mass is 9.87. The number of H-pyrrole nitrogens is 2. The van der Waals surface area contributed by atoms with Crippen molar-refractivity contribution in [1.82, 2.24) is 35.0 Å². The van der Waals surface area contributed by atoms with Crippen LogP contribution >= 0.6 is 0 Å². The Morgan fingerprint density at radius 2 is 1.80 bits per heavy atom. The zero-order valence-electron chi connectivity index (χ0n) is 26.2. The predicted octanol–water partition coefficient (Wildman–Crippen LogP) is 7.85. The topological polar surface area (TPSA) is 110 Å². The molecule has 1 aliphatic carbocycles. The van der Waals surface area contributed by atoms with Gasteiger partial charge in [-0.2, -0.15) is 5.10 Å². The minimum absolute atomic E-state index is 0.318. The number of aromatic nitrogens is 6. The molecule has 0 atom stereocenters. The predicted molar refractivity (Wildman–Crippen MR) is 184 cm³/mol. The van der Waals surface area contributed by atoms with Crippen LogP contribution in [0.2, 0.25) is 0 Å². The van der Waals surface area contributed by atoms with Gasteiger partial charge in [0.1, 0.15) is 17.0 Å². The van der Waals surface area contributed by atoms with Crippen molar-refractivity contribution in [3.05, 3.63) is 85.2 Å². The summed E-state index contributed by atoms with van der Waals surface area (Å²) >= 11 is 0. The third kappa shape index (κ3) is 6.21. The number of aromatic amines is 2. The molecule has 0 aliphatic heterocycles. The molecule has 234 valence electrons. The Morgan fingerprint density at radius 3 is 2.65 bits per heavy atom. The van der Waals surface area contributed by atoms with E-state index in [1.807, 2.05) is 56.8 Å². The summed E-state index contributed by atoms with van der Waals surface area (Å²) in [6.45, 7) is 5.87. The van der Waals surface area contributed by atoms with Crippen LogP contribution in [0.4, 0.5) is 15.8 Å². The van der Waals surface area contributed by atoms with E-state index in [0.717, 1.165) is 56.8 Å². The fourth-order valence-corrected chi connectivity index (χ4v) is 6.30. The maximum absolute atomic E-state index is 14.7. The highest BCUT2D eigenvalue weighted by Gasteiger charge is 2.19. The largest absolute Gasteiger partial charge is 0.384 e. The van der Waals surface area contributed by atoms with Gasteiger partial charge >= 0.3 is 0 Å². The summed E-state index contributed by atoms with van der Waals surface area (Å²) in [5, 5.41) is 15.4. The quantitative estimate of drug-likeness (QED) is 0.124. The van der Waals surface area contributed by atoms with Crippen molar-refractivity contribution >= 4 is 33.3 Å². The van der Waals surface area contributed by atoms with Gasteiger partial charge in [0.25, 0.3) is 0 Å². The molecule has 1 aliphatic rings. The van der Waals surface area contributed by atoms with Crippen LogP contribution in [0.25, 0.3) is 55.8 Å². The van der Waals surface area contributed by atoms with E-state index in [1.54, 1.807) is 6.20 Å². The Bertz CT molecular complexity index is 2020. The van der Waals surface area contributed by atoms with Crippen LogP contribution in [0.5, 0.6) is 0 Å². The smallest absolute Gasteiger partial charge is 0.135 e. The number of rotatable bonds is 10. The van der Waals surface area contributed by atoms with E-state index < -0.39 is 0 Å². The fourth-order valence-electron chi connectivity index (χ4n) is 6.30. The van der Waals surface area contributed by atoms with Gasteiger partial charge in [-0.3, -0.25) is 15.1 Å². The molecule has 5 aromatic heterocycles. The van der Waals surface area contributed by atoms with Gasteiger partial charge in [0.15, 0.2) is 0 Å². The highest BCUT2D eigenvalue weighted by Crippen LogP contribution is 2.35. The number of likely N-dealkylation sites (N-methyl/N-ethyl adjacent to an activating group) is 1. The van der Waals surface area contributed by atoms with Gasteiger partial charge in [-0.05, 0) is 81.4 Å². The molecule has 1 fully saturated rings. The van der Waals surface area contributed by atoms with E-state index in [0.29, 0.717) is 35.1 Å². The second kappa shape index (κ2) is 12.7. The number of benzene rings is 1. The number of halogens is 1. The summed E-state index contributed by atoms with van der Waals surface area (Å²) in [4.78, 5) is 19.7. The normalized spacial score (nSPS) is 13.9. The first-order valence-corrected chi connectivity index (χ1v) is 15.9. The third-order valence-corrected chi connectivity index (χ3v) is 8.71. The number of hydrogen-bond donors (Lipinski definition) is 4. The van der Waals surface area contributed by atoms with Crippen molar-refractivity contribution in [2.24, 2.45) is 5.92 Å². The maximum atomic E-state index is 14.7. The SMILES string of the molecule is C=C(Nc1cncc(-c2ccc3[nH]nc(-c4cc5c(-c6cc(F)cc(NCCN(C)C)c6)nccc5[nH]4)c3n2)c1)C1CCCCC1. The van der Waals surface area contributed by atoms with Crippen molar-refractivity contribution in [2.75, 3.05) is 37.8 Å². The van der Waals surface area contributed by atoms with Gasteiger partial charge in [0.05, 0.1) is 34.5 Å². The molecule has 0 unspecified atom stereocenters. The number of pyridine rings is 3. The van der Waals surface area contributed by atoms with Crippen LogP contribution in [-0.4, -0.2) is 62.2 Å². The van der Waals surface area contributed by atoms with Gasteiger partial charge in [0, 0.05) is 58.9 Å². The van der Waals surface area contributed by atoms with Gasteiger partial charge < -0.3 is 20.5 Å². The summed E-state index contributed by atoms with van der Waals surface area (Å²) in [5.41, 5.74) is 9.68. The van der Waals surface area contributed by atoms with E-state index in [-0.39, 0.29) is 5.82 Å². The average Bonchev–Trinajstić information content (AvgIpc) is 3.69. The van der Waals surface area contributed by atoms with E-state index in [1.165, 1.54) is 44.2 Å². The van der Waals surface area contributed by atoms with Gasteiger partial charge in [-0.25, -0.2) is 9.37 Å². The number of nitrogens with zero attached hydrogens (tertiary/aromatic N) is 5. The van der Waals surface area contributed by atoms with Crippen LogP contribution < -0.4 is 10.6 Å². The average molecular weight is 616 g/mol. The highest BCUT2D eigenvalue weighted by molar-refractivity contribution is 5.99. The van der Waals surface area contributed by atoms with E-state index in [4.69, 9.17) is 4.98 Å². The van der Waals surface area contributed by atoms with Crippen molar-refractivity contribution in [1.29, 1.82) is 0 Å². The highest BCUT2D eigenvalue weighted by atomic mass is 19.1. The molecule has 5 heterocycles. The second-order valence-electron chi connectivity index (χ2n) is 12.4. The number of hydrogen-bond acceptors (Lipinski definition) is 7. The standard InChI is InChI=1S/C36H38FN9/c1-22(23-7-5-4-6-8-23)41-28-17-25(20-38-21-28)30-9-10-32-35(43-30)36(45-44-32)33-19-29-31(42-33)11-12-40-34(29)24-15-26(37)18-27(16-24)39-13-14-46(2)3/h9-12,15-21,23,39,41-42H,1,4-8,13-14H2,2-3H3,(H,44,45). The van der Waals surface area contributed by atoms with Crippen LogP contribution in [-0.2, 0) is 0 Å². The monoisotopic (exact) mass is 615 g/mol. The Labute approximate surface area is 267 Å². The molecular formula is C36H38FN9. The first-order valence-electron chi connectivity index (χ1n) is 15.9. The molecule has 6 aromatic rings. The van der Waals surface area contributed by atoms with Crippen LogP contribution in [0.3, 0.4) is 0 Å². The van der Waals surface area contributed by atoms with Gasteiger partial charge in [-0.1, -0.05) is 25.8 Å². The van der Waals surface area contributed by atoms with E-state index >= 15 is 0 Å². The molecule has 0 radical (unpaired) electrons. The van der Waals surface area contributed by atoms with Crippen molar-refractivity contribution in [3.8, 4) is 33.9 Å². The zero-order chi connectivity index (χ0) is 31.6. The molecule has 1 aromatic carbocycles. The van der Waals surface area contributed by atoms with Crippen LogP contribution in [0.1, 0.15) is 32.1 Å². The molecule has 1 saturated carbocycles. The Kier molecular flexibility index (Phi) is 8.19. The molecule has 0 saturated heterocycles. The first-order chi connectivity index (χ1) is 22.4. The third-order valence-electron chi connectivity index (χ3n) is 8.71. The Morgan fingerprint density at radius 1 is 0.957 bits per heavy atom. The Hall–Kier alpha value is -5.09. The molecule has 0 bridgehead atoms. The summed E-state index contributed by atoms with van der Waals surface area (Å²) in [5.74, 6) is 0.182. The Balaban J connectivity index is 1.19. The van der Waals surface area contributed by atoms with Gasteiger partial charge in [0.2, 0.25) is 0 Å². The molecular weight excluding hydrogens is 577 g/mol. The lowest BCUT2D eigenvalue weighted by molar-refractivity contribution is 0.405. The minimum Gasteiger partial charge on any atom is -0.384 e. The molecule has 0 spiro atoms. The molecule has 46 heavy (non-hydrogen) atoms. The van der Waals surface area contributed by atoms with Crippen molar-refractivity contribution in [2.45, 2.75) is 32.1 Å². The van der Waals surface area contributed by atoms with Crippen LogP contribution in [0.15, 0.2) is 79.4 Å². The fraction of sp³-hybridized carbons (Fsp3) is 0.278. The lowest BCUT2D eigenvalue weighted by Crippen LogP contribution is -2.20. The number of nitrogens with one attached hydrogen (secondary N) is 4. The first kappa shape index (κ1) is 29.6. The number of anilines is 2. The molecule has 7 rings (SSSR count). The van der Waals surface area contributed by atoms with Gasteiger partial charge in [-0.15, -0.1) is 0 Å². The van der Waals surface area contributed by atoms with E-state index in [2.05, 4.69) is 53.3 Å². The maximum Gasteiger partial charge on any atom is 0.135 e. The van der Waals surface area contributed by atoms with Crippen molar-refractivity contribution in [3.63, 3.8) is 0 Å². The summed E-state index contributed by atoms with van der Waals surface area (Å²) in [6, 6.07) is 14.9. The molecule has 9 nitrogen and oxygen atoms in total. The summed E-state index contributed by atoms with van der Waals surface area (Å²) < 4.78 is 14.7. The molecule has 10 heteroatoms. The van der Waals surface area contributed by atoms with E-state index in [9.17, 15) is 4.39 Å².